The van der Waals surface area contributed by atoms with Gasteiger partial charge in [-0.05, 0) is 69.4 Å². The molecule has 0 aliphatic rings. The Morgan fingerprint density at radius 1 is 0.278 bits per heavy atom. The summed E-state index contributed by atoms with van der Waals surface area (Å²) in [4.78, 5) is 15.5. The van der Waals surface area contributed by atoms with Crippen LogP contribution in [0.15, 0.2) is 185 Å². The predicted molar refractivity (Wildman–Crippen MR) is 219 cm³/mol. The van der Waals surface area contributed by atoms with Gasteiger partial charge < -0.3 is 8.83 Å². The van der Waals surface area contributed by atoms with Gasteiger partial charge in [0.2, 0.25) is 0 Å². The van der Waals surface area contributed by atoms with Crippen LogP contribution in [0.3, 0.4) is 0 Å². The third-order valence-electron chi connectivity index (χ3n) is 10.4. The van der Waals surface area contributed by atoms with Crippen LogP contribution in [-0.2, 0) is 0 Å². The lowest BCUT2D eigenvalue weighted by molar-refractivity contribution is 0.668. The van der Waals surface area contributed by atoms with Crippen molar-refractivity contribution in [3.8, 4) is 56.4 Å². The molecule has 8 aromatic carbocycles. The summed E-state index contributed by atoms with van der Waals surface area (Å²) in [6.07, 6.45) is 0. The number of rotatable bonds is 5. The summed E-state index contributed by atoms with van der Waals surface area (Å²) in [5.74, 6) is 1.80. The average Bonchev–Trinajstić information content (AvgIpc) is 3.82. The lowest BCUT2D eigenvalue weighted by Crippen LogP contribution is -2.01. The molecule has 0 amide bonds. The molecule has 3 heterocycles. The fraction of sp³-hybridized carbons (Fsp3) is 0. The van der Waals surface area contributed by atoms with Crippen molar-refractivity contribution >= 4 is 54.6 Å². The van der Waals surface area contributed by atoms with E-state index in [2.05, 4.69) is 109 Å². The third kappa shape index (κ3) is 4.83. The van der Waals surface area contributed by atoms with E-state index in [0.717, 1.165) is 93.6 Å². The zero-order valence-electron chi connectivity index (χ0n) is 28.9. The van der Waals surface area contributed by atoms with Gasteiger partial charge in [-0.25, -0.2) is 15.0 Å². The first kappa shape index (κ1) is 30.3. The molecule has 0 aliphatic carbocycles. The van der Waals surface area contributed by atoms with Crippen LogP contribution in [-0.4, -0.2) is 15.0 Å². The Morgan fingerprint density at radius 3 is 1.56 bits per heavy atom. The first-order valence-corrected chi connectivity index (χ1v) is 18.0. The lowest BCUT2D eigenvalue weighted by Gasteiger charge is -2.14. The second kappa shape index (κ2) is 12.1. The summed E-state index contributed by atoms with van der Waals surface area (Å²) >= 11 is 0. The quantitative estimate of drug-likeness (QED) is 0.180. The number of aromatic nitrogens is 3. The van der Waals surface area contributed by atoms with E-state index in [0.29, 0.717) is 17.5 Å². The molecule has 11 rings (SSSR count). The molecule has 5 heteroatoms. The van der Waals surface area contributed by atoms with Crippen LogP contribution in [0.5, 0.6) is 0 Å². The number of benzene rings is 8. The van der Waals surface area contributed by atoms with Crippen LogP contribution in [0.2, 0.25) is 0 Å². The minimum atomic E-state index is 0.591. The standard InChI is InChI=1S/C49H29N3O2/c1-3-13-30(14-4-1)32-25-26-39-44(29-32)54-42-23-11-20-36(45(39)42)35-27-28-37(34-18-8-7-17-33(34)35)48-50-47(31-15-5-2-6-16-31)51-49(52-48)40-21-12-24-43-46(40)38-19-9-10-22-41(38)53-43/h1-29H. The van der Waals surface area contributed by atoms with E-state index in [1.54, 1.807) is 0 Å². The fourth-order valence-electron chi connectivity index (χ4n) is 7.88. The summed E-state index contributed by atoms with van der Waals surface area (Å²) in [7, 11) is 0. The van der Waals surface area contributed by atoms with Crippen LogP contribution in [0.1, 0.15) is 0 Å². The molecule has 11 aromatic rings. The Kier molecular flexibility index (Phi) is 6.79. The van der Waals surface area contributed by atoms with Gasteiger partial charge in [0.1, 0.15) is 22.3 Å². The lowest BCUT2D eigenvalue weighted by atomic mass is 9.92. The highest BCUT2D eigenvalue weighted by Gasteiger charge is 2.21. The van der Waals surface area contributed by atoms with Crippen molar-refractivity contribution in [3.63, 3.8) is 0 Å². The molecule has 0 saturated heterocycles. The van der Waals surface area contributed by atoms with Crippen LogP contribution < -0.4 is 0 Å². The van der Waals surface area contributed by atoms with Gasteiger partial charge in [0.25, 0.3) is 0 Å². The van der Waals surface area contributed by atoms with Crippen molar-refractivity contribution in [1.29, 1.82) is 0 Å². The highest BCUT2D eigenvalue weighted by atomic mass is 16.3. The second-order valence-corrected chi connectivity index (χ2v) is 13.5. The van der Waals surface area contributed by atoms with Gasteiger partial charge in [0, 0.05) is 38.2 Å². The summed E-state index contributed by atoms with van der Waals surface area (Å²) in [6, 6.07) is 60.4. The van der Waals surface area contributed by atoms with Gasteiger partial charge in [-0.1, -0.05) is 140 Å². The molecule has 0 fully saturated rings. The molecule has 0 unspecified atom stereocenters. The highest BCUT2D eigenvalue weighted by Crippen LogP contribution is 2.43. The fourth-order valence-corrected chi connectivity index (χ4v) is 7.88. The predicted octanol–water partition coefficient (Wildman–Crippen LogP) is 13.2. The van der Waals surface area contributed by atoms with E-state index in [1.165, 1.54) is 0 Å². The molecule has 5 nitrogen and oxygen atoms in total. The maximum atomic E-state index is 6.51. The van der Waals surface area contributed by atoms with E-state index >= 15 is 0 Å². The smallest absolute Gasteiger partial charge is 0.164 e. The first-order chi connectivity index (χ1) is 26.8. The Morgan fingerprint density at radius 2 is 0.796 bits per heavy atom. The van der Waals surface area contributed by atoms with Crippen molar-refractivity contribution in [2.75, 3.05) is 0 Å². The van der Waals surface area contributed by atoms with Gasteiger partial charge >= 0.3 is 0 Å². The first-order valence-electron chi connectivity index (χ1n) is 18.0. The molecule has 0 aliphatic heterocycles. The molecule has 252 valence electrons. The number of furan rings is 2. The van der Waals surface area contributed by atoms with Crippen molar-refractivity contribution < 1.29 is 8.83 Å². The zero-order valence-corrected chi connectivity index (χ0v) is 28.9. The Labute approximate surface area is 309 Å². The maximum absolute atomic E-state index is 6.51. The molecule has 0 radical (unpaired) electrons. The van der Waals surface area contributed by atoms with Crippen molar-refractivity contribution in [2.45, 2.75) is 0 Å². The van der Waals surface area contributed by atoms with Gasteiger partial charge in [-0.3, -0.25) is 0 Å². The van der Waals surface area contributed by atoms with Crippen LogP contribution in [0.25, 0.3) is 111 Å². The molecular formula is C49H29N3O2. The SMILES string of the molecule is c1ccc(-c2ccc3c(c2)oc2cccc(-c4ccc(-c5nc(-c6ccccc6)nc(-c6cccc7oc8ccccc8c67)n5)c5ccccc45)c23)cc1. The van der Waals surface area contributed by atoms with E-state index < -0.39 is 0 Å². The van der Waals surface area contributed by atoms with Gasteiger partial charge in [-0.2, -0.15) is 0 Å². The maximum Gasteiger partial charge on any atom is 0.164 e. The summed E-state index contributed by atoms with van der Waals surface area (Å²) in [5, 5.41) is 6.35. The van der Waals surface area contributed by atoms with Gasteiger partial charge in [-0.15, -0.1) is 0 Å². The normalized spacial score (nSPS) is 11.7. The van der Waals surface area contributed by atoms with Crippen molar-refractivity contribution in [3.05, 3.63) is 176 Å². The molecular weight excluding hydrogens is 663 g/mol. The molecule has 0 spiro atoms. The topological polar surface area (TPSA) is 65.0 Å². The molecule has 54 heavy (non-hydrogen) atoms. The Hall–Kier alpha value is -7.37. The second-order valence-electron chi connectivity index (χ2n) is 13.5. The third-order valence-corrected chi connectivity index (χ3v) is 10.4. The van der Waals surface area contributed by atoms with Crippen LogP contribution in [0, 0.1) is 0 Å². The summed E-state index contributed by atoms with van der Waals surface area (Å²) in [6.45, 7) is 0. The Balaban J connectivity index is 1.12. The largest absolute Gasteiger partial charge is 0.456 e. The molecule has 0 bridgehead atoms. The van der Waals surface area contributed by atoms with Crippen molar-refractivity contribution in [2.24, 2.45) is 0 Å². The highest BCUT2D eigenvalue weighted by molar-refractivity contribution is 6.17. The molecule has 0 atom stereocenters. The number of nitrogens with zero attached hydrogens (tertiary/aromatic N) is 3. The number of hydrogen-bond donors (Lipinski definition) is 0. The number of hydrogen-bond acceptors (Lipinski definition) is 5. The zero-order chi connectivity index (χ0) is 35.6. The molecule has 0 N–H and O–H groups in total. The minimum Gasteiger partial charge on any atom is -0.456 e. The van der Waals surface area contributed by atoms with Gasteiger partial charge in [0.15, 0.2) is 17.5 Å². The van der Waals surface area contributed by atoms with E-state index in [9.17, 15) is 0 Å². The number of para-hydroxylation sites is 1. The minimum absolute atomic E-state index is 0.591. The van der Waals surface area contributed by atoms with E-state index in [-0.39, 0.29) is 0 Å². The molecule has 3 aromatic heterocycles. The summed E-state index contributed by atoms with van der Waals surface area (Å²) < 4.78 is 12.8. The average molecular weight is 692 g/mol. The van der Waals surface area contributed by atoms with Crippen LogP contribution >= 0.6 is 0 Å². The van der Waals surface area contributed by atoms with Crippen molar-refractivity contribution in [1.82, 2.24) is 15.0 Å². The van der Waals surface area contributed by atoms with E-state index in [1.807, 2.05) is 66.7 Å². The van der Waals surface area contributed by atoms with Crippen LogP contribution in [0.4, 0.5) is 0 Å². The summed E-state index contributed by atoms with van der Waals surface area (Å²) in [5.41, 5.74) is 10.6. The Bertz CT molecular complexity index is 3220. The monoisotopic (exact) mass is 691 g/mol. The van der Waals surface area contributed by atoms with Gasteiger partial charge in [0.05, 0.1) is 0 Å². The molecule has 0 saturated carbocycles. The van der Waals surface area contributed by atoms with E-state index in [4.69, 9.17) is 23.8 Å². The number of fused-ring (bicyclic) bond motifs is 7.